The highest BCUT2D eigenvalue weighted by atomic mass is 35.5. The second-order valence-electron chi connectivity index (χ2n) is 6.54. The van der Waals surface area contributed by atoms with E-state index in [9.17, 15) is 9.59 Å². The summed E-state index contributed by atoms with van der Waals surface area (Å²) >= 11 is 7.29. The molecule has 2 aromatic carbocycles. The number of thioether (sulfide) groups is 1. The van der Waals surface area contributed by atoms with Crippen molar-refractivity contribution >= 4 is 46.6 Å². The molecule has 0 unspecified atom stereocenters. The van der Waals surface area contributed by atoms with Crippen LogP contribution in [0.2, 0.25) is 5.02 Å². The zero-order chi connectivity index (χ0) is 22.9. The van der Waals surface area contributed by atoms with E-state index in [-0.39, 0.29) is 24.0 Å². The van der Waals surface area contributed by atoms with Crippen molar-refractivity contribution in [2.24, 2.45) is 0 Å². The van der Waals surface area contributed by atoms with E-state index >= 15 is 0 Å². The summed E-state index contributed by atoms with van der Waals surface area (Å²) in [6, 6.07) is 14.1. The number of hydrogen-bond donors (Lipinski definition) is 2. The van der Waals surface area contributed by atoms with Gasteiger partial charge in [-0.15, -0.1) is 16.8 Å². The molecule has 3 rings (SSSR count). The lowest BCUT2D eigenvalue weighted by atomic mass is 10.2. The van der Waals surface area contributed by atoms with Crippen molar-refractivity contribution in [2.45, 2.75) is 18.1 Å². The number of nitrogens with zero attached hydrogens (tertiary/aromatic N) is 3. The van der Waals surface area contributed by atoms with Gasteiger partial charge in [0.05, 0.1) is 35.7 Å². The molecular weight excluding hydrogens is 450 g/mol. The Morgan fingerprint density at radius 1 is 1.09 bits per heavy atom. The van der Waals surface area contributed by atoms with Gasteiger partial charge in [-0.2, -0.15) is 0 Å². The number of carbonyl (C=O) groups excluding carboxylic acids is 2. The zero-order valence-corrected chi connectivity index (χ0v) is 18.9. The van der Waals surface area contributed by atoms with Gasteiger partial charge >= 0.3 is 0 Å². The SMILES string of the molecule is C=CCn1c(CC(=O)Nc2ccccc2OC)nnc1SCC(=O)Nc1ccccc1Cl. The second kappa shape index (κ2) is 11.4. The van der Waals surface area contributed by atoms with Gasteiger partial charge in [-0.05, 0) is 24.3 Å². The molecule has 0 saturated carbocycles. The van der Waals surface area contributed by atoms with Gasteiger partial charge in [0.15, 0.2) is 5.16 Å². The van der Waals surface area contributed by atoms with Crippen LogP contribution >= 0.6 is 23.4 Å². The summed E-state index contributed by atoms with van der Waals surface area (Å²) in [6.07, 6.45) is 1.68. The second-order valence-corrected chi connectivity index (χ2v) is 7.89. The number of amides is 2. The summed E-state index contributed by atoms with van der Waals surface area (Å²) in [5.74, 6) is 0.640. The van der Waals surface area contributed by atoms with Crippen molar-refractivity contribution in [1.29, 1.82) is 0 Å². The van der Waals surface area contributed by atoms with Crippen LogP contribution in [-0.4, -0.2) is 39.4 Å². The van der Waals surface area contributed by atoms with E-state index in [1.807, 2.05) is 6.07 Å². The first-order valence-electron chi connectivity index (χ1n) is 9.64. The summed E-state index contributed by atoms with van der Waals surface area (Å²) in [5.41, 5.74) is 1.11. The van der Waals surface area contributed by atoms with E-state index in [0.29, 0.717) is 39.7 Å². The molecule has 0 fully saturated rings. The number of aromatic nitrogens is 3. The fourth-order valence-corrected chi connectivity index (χ4v) is 3.78. The number of carbonyl (C=O) groups is 2. The van der Waals surface area contributed by atoms with Gasteiger partial charge in [-0.25, -0.2) is 0 Å². The van der Waals surface area contributed by atoms with Crippen LogP contribution in [-0.2, 0) is 22.6 Å². The number of hydrogen-bond acceptors (Lipinski definition) is 6. The van der Waals surface area contributed by atoms with Crippen LogP contribution in [0, 0.1) is 0 Å². The molecule has 0 atom stereocenters. The highest BCUT2D eigenvalue weighted by Crippen LogP contribution is 2.24. The molecule has 2 N–H and O–H groups in total. The fourth-order valence-electron chi connectivity index (χ4n) is 2.83. The van der Waals surface area contributed by atoms with E-state index in [4.69, 9.17) is 16.3 Å². The van der Waals surface area contributed by atoms with E-state index in [0.717, 1.165) is 0 Å². The molecule has 10 heteroatoms. The third-order valence-corrected chi connectivity index (χ3v) is 5.58. The van der Waals surface area contributed by atoms with Crippen molar-refractivity contribution < 1.29 is 14.3 Å². The Morgan fingerprint density at radius 2 is 1.78 bits per heavy atom. The molecular formula is C22H22ClN5O3S. The third kappa shape index (κ3) is 6.12. The maximum Gasteiger partial charge on any atom is 0.234 e. The first-order valence-corrected chi connectivity index (χ1v) is 11.0. The predicted molar refractivity (Wildman–Crippen MR) is 126 cm³/mol. The quantitative estimate of drug-likeness (QED) is 0.342. The van der Waals surface area contributed by atoms with Crippen LogP contribution in [0.3, 0.4) is 0 Å². The van der Waals surface area contributed by atoms with E-state index in [2.05, 4.69) is 27.4 Å². The van der Waals surface area contributed by atoms with Crippen LogP contribution in [0.15, 0.2) is 66.3 Å². The van der Waals surface area contributed by atoms with Crippen LogP contribution in [0.25, 0.3) is 0 Å². The minimum atomic E-state index is -0.264. The number of anilines is 2. The lowest BCUT2D eigenvalue weighted by molar-refractivity contribution is -0.116. The van der Waals surface area contributed by atoms with Crippen LogP contribution in [0.4, 0.5) is 11.4 Å². The van der Waals surface area contributed by atoms with Gasteiger partial charge < -0.3 is 19.9 Å². The first-order chi connectivity index (χ1) is 15.5. The summed E-state index contributed by atoms with van der Waals surface area (Å²) in [7, 11) is 1.54. The number of nitrogens with one attached hydrogen (secondary N) is 2. The van der Waals surface area contributed by atoms with Gasteiger partial charge in [0.2, 0.25) is 11.8 Å². The number of allylic oxidation sites excluding steroid dienone is 1. The topological polar surface area (TPSA) is 98.1 Å². The number of rotatable bonds is 10. The average molecular weight is 472 g/mol. The Morgan fingerprint density at radius 3 is 2.50 bits per heavy atom. The summed E-state index contributed by atoms with van der Waals surface area (Å²) in [6.45, 7) is 4.15. The first kappa shape index (κ1) is 23.4. The number of benzene rings is 2. The maximum atomic E-state index is 12.6. The number of halogens is 1. The predicted octanol–water partition coefficient (Wildman–Crippen LogP) is 4.04. The summed E-state index contributed by atoms with van der Waals surface area (Å²) < 4.78 is 7.01. The molecule has 0 aliphatic carbocycles. The molecule has 2 amide bonds. The molecule has 166 valence electrons. The van der Waals surface area contributed by atoms with Gasteiger partial charge in [-0.3, -0.25) is 9.59 Å². The van der Waals surface area contributed by atoms with Gasteiger partial charge in [-0.1, -0.05) is 53.7 Å². The molecule has 32 heavy (non-hydrogen) atoms. The maximum absolute atomic E-state index is 12.6. The minimum Gasteiger partial charge on any atom is -0.495 e. The smallest absolute Gasteiger partial charge is 0.234 e. The summed E-state index contributed by atoms with van der Waals surface area (Å²) in [5, 5.41) is 14.8. The highest BCUT2D eigenvalue weighted by Gasteiger charge is 2.17. The number of ether oxygens (including phenoxy) is 1. The summed E-state index contributed by atoms with van der Waals surface area (Å²) in [4.78, 5) is 24.9. The normalized spacial score (nSPS) is 10.4. The Kier molecular flexibility index (Phi) is 8.29. The van der Waals surface area contributed by atoms with Crippen LogP contribution in [0.5, 0.6) is 5.75 Å². The third-order valence-electron chi connectivity index (χ3n) is 4.29. The lowest BCUT2D eigenvalue weighted by Gasteiger charge is -2.11. The Hall–Kier alpha value is -3.30. The molecule has 1 aromatic heterocycles. The molecule has 0 radical (unpaired) electrons. The van der Waals surface area contributed by atoms with Crippen molar-refractivity contribution in [1.82, 2.24) is 14.8 Å². The monoisotopic (exact) mass is 471 g/mol. The lowest BCUT2D eigenvalue weighted by Crippen LogP contribution is -2.18. The van der Waals surface area contributed by atoms with E-state index in [1.54, 1.807) is 53.1 Å². The Balaban J connectivity index is 1.64. The Bertz CT molecular complexity index is 1120. The molecule has 3 aromatic rings. The fraction of sp³-hybridized carbons (Fsp3) is 0.182. The largest absolute Gasteiger partial charge is 0.495 e. The molecule has 0 saturated heterocycles. The van der Waals surface area contributed by atoms with Crippen molar-refractivity contribution in [3.63, 3.8) is 0 Å². The molecule has 0 spiro atoms. The van der Waals surface area contributed by atoms with Crippen LogP contribution in [0.1, 0.15) is 5.82 Å². The van der Waals surface area contributed by atoms with Gasteiger partial charge in [0.25, 0.3) is 0 Å². The Labute approximate surface area is 195 Å². The molecule has 0 aliphatic rings. The molecule has 0 aliphatic heterocycles. The van der Waals surface area contributed by atoms with Gasteiger partial charge in [0, 0.05) is 6.54 Å². The number of methoxy groups -OCH3 is 1. The van der Waals surface area contributed by atoms with Gasteiger partial charge in [0.1, 0.15) is 11.6 Å². The highest BCUT2D eigenvalue weighted by molar-refractivity contribution is 7.99. The van der Waals surface area contributed by atoms with E-state index < -0.39 is 0 Å². The van der Waals surface area contributed by atoms with Crippen molar-refractivity contribution in [3.05, 3.63) is 72.0 Å². The molecule has 1 heterocycles. The molecule has 8 nitrogen and oxygen atoms in total. The minimum absolute atomic E-state index is 0.00523. The van der Waals surface area contributed by atoms with Crippen molar-refractivity contribution in [2.75, 3.05) is 23.5 Å². The zero-order valence-electron chi connectivity index (χ0n) is 17.4. The van der Waals surface area contributed by atoms with Crippen LogP contribution < -0.4 is 15.4 Å². The number of para-hydroxylation sites is 3. The van der Waals surface area contributed by atoms with Crippen molar-refractivity contribution in [3.8, 4) is 5.75 Å². The standard InChI is InChI=1S/C22H22ClN5O3S/c1-3-12-28-19(13-20(29)25-17-10-6-7-11-18(17)31-2)26-27-22(28)32-14-21(30)24-16-9-5-4-8-15(16)23/h3-11H,1,12-14H2,2H3,(H,24,30)(H,25,29). The molecule has 0 bridgehead atoms. The van der Waals surface area contributed by atoms with E-state index in [1.165, 1.54) is 18.9 Å². The average Bonchev–Trinajstić information content (AvgIpc) is 3.15.